The average molecular weight is 1960 g/mol. The quantitative estimate of drug-likeness (QED) is 0.0186. The number of carbonyl (C=O) groups is 8. The number of unbranched alkanes of at least 4 members (excludes halogenated alkanes) is 4. The molecule has 4 atom stereocenters. The summed E-state index contributed by atoms with van der Waals surface area (Å²) in [6.45, 7) is 2.07. The summed E-state index contributed by atoms with van der Waals surface area (Å²) in [6, 6.07) is 49.6. The van der Waals surface area contributed by atoms with Crippen LogP contribution in [0.4, 0.5) is 45.5 Å². The Labute approximate surface area is 788 Å². The molecule has 0 spiro atoms. The van der Waals surface area contributed by atoms with Gasteiger partial charge in [-0.05, 0) is 179 Å². The van der Waals surface area contributed by atoms with Crippen LogP contribution in [0.2, 0.25) is 40.2 Å². The smallest absolute Gasteiger partial charge is 0.310 e. The number of ether oxygens (including phenoxy) is 1. The molecule has 32 heteroatoms. The van der Waals surface area contributed by atoms with Crippen LogP contribution >= 0.6 is 179 Å². The number of primary amides is 3. The van der Waals surface area contributed by atoms with Crippen LogP contribution in [0, 0.1) is 0 Å². The maximum absolute atomic E-state index is 13.5. The molecule has 652 valence electrons. The van der Waals surface area contributed by atoms with E-state index < -0.39 is 17.7 Å². The number of nitrogens with zero attached hydrogens (tertiary/aromatic N) is 4. The molecular formula is C90H99Cl8N7O9S8. The molecule has 122 heavy (non-hydrogen) atoms. The van der Waals surface area contributed by atoms with Gasteiger partial charge in [0.2, 0.25) is 41.4 Å². The van der Waals surface area contributed by atoms with Crippen LogP contribution in [-0.2, 0) is 68.8 Å². The number of anilines is 8. The van der Waals surface area contributed by atoms with Crippen molar-refractivity contribution in [1.29, 1.82) is 0 Å². The maximum atomic E-state index is 13.5. The van der Waals surface area contributed by atoms with E-state index in [0.717, 1.165) is 77.0 Å². The number of esters is 1. The molecule has 8 aromatic carbocycles. The fourth-order valence-corrected chi connectivity index (χ4v) is 28.4. The standard InChI is InChI=1S/C24H27Cl2NO3S2.3C22H24Cl2N2O2S2/c1-2-30-23(29)16-17-8-3-5-12-21(17)27(24-19(25)10-7-11-20(24)26)22(28)13-6-4-9-18-14-15-31-32-18;3*23-17-8-5-9-18(24)22(17)26(19-10-3-1-6-15(19)14-20(25)27)21(28)11-4-2-7-16-12-13-29-30-16/h3,5,7-8,10-12,18H,2,4,6,9,13-16H2,1H3;3*1,3,5-6,8-10,16H,2,4,7,11-14H2,(H2,25,27)/t18-;2*16-;/m110./s1. The van der Waals surface area contributed by atoms with Crippen LogP contribution in [-0.4, -0.2) is 97.9 Å². The fourth-order valence-electron chi connectivity index (χ4n) is 14.1. The number of hydrogen-bond donors (Lipinski definition) is 3. The second-order valence-electron chi connectivity index (χ2n) is 28.9. The largest absolute Gasteiger partial charge is 0.466 e. The highest BCUT2D eigenvalue weighted by Crippen LogP contribution is 2.48. The molecule has 0 bridgehead atoms. The molecule has 6 N–H and O–H groups in total. The van der Waals surface area contributed by atoms with Crippen molar-refractivity contribution in [1.82, 2.24) is 0 Å². The average Bonchev–Trinajstić information content (AvgIpc) is 0.998. The van der Waals surface area contributed by atoms with E-state index in [4.69, 9.17) is 115 Å². The lowest BCUT2D eigenvalue weighted by Crippen LogP contribution is -2.28. The highest BCUT2D eigenvalue weighted by Gasteiger charge is 2.32. The van der Waals surface area contributed by atoms with E-state index in [2.05, 4.69) is 0 Å². The van der Waals surface area contributed by atoms with Crippen molar-refractivity contribution in [3.8, 4) is 0 Å². The van der Waals surface area contributed by atoms with E-state index >= 15 is 0 Å². The zero-order chi connectivity index (χ0) is 87.5. The van der Waals surface area contributed by atoms with Crippen molar-refractivity contribution in [3.63, 3.8) is 0 Å². The molecule has 4 fully saturated rings. The minimum atomic E-state index is -0.466. The Morgan fingerprint density at radius 3 is 0.721 bits per heavy atom. The van der Waals surface area contributed by atoms with E-state index in [1.165, 1.54) is 48.7 Å². The Hall–Kier alpha value is -5.36. The molecule has 1 unspecified atom stereocenters. The molecule has 12 rings (SSSR count). The van der Waals surface area contributed by atoms with Gasteiger partial charge in [0.25, 0.3) is 0 Å². The van der Waals surface area contributed by atoms with Gasteiger partial charge in [0.15, 0.2) is 0 Å². The van der Waals surface area contributed by atoms with Gasteiger partial charge in [-0.3, -0.25) is 58.0 Å². The second kappa shape index (κ2) is 53.4. The van der Waals surface area contributed by atoms with Crippen molar-refractivity contribution >= 4 is 272 Å². The topological polar surface area (TPSA) is 237 Å². The van der Waals surface area contributed by atoms with Crippen LogP contribution < -0.4 is 36.8 Å². The van der Waals surface area contributed by atoms with Crippen LogP contribution in [0.15, 0.2) is 170 Å². The highest BCUT2D eigenvalue weighted by atomic mass is 35.5. The summed E-state index contributed by atoms with van der Waals surface area (Å²) in [5.41, 5.74) is 23.1. The summed E-state index contributed by atoms with van der Waals surface area (Å²) < 4.78 is 5.12. The lowest BCUT2D eigenvalue weighted by atomic mass is 10.1. The van der Waals surface area contributed by atoms with Gasteiger partial charge in [0, 0.05) is 69.7 Å². The van der Waals surface area contributed by atoms with Gasteiger partial charge < -0.3 is 21.9 Å². The summed E-state index contributed by atoms with van der Waals surface area (Å²) in [5, 5.41) is 5.80. The fraction of sp³-hybridized carbons (Fsp3) is 0.378. The second-order valence-corrected chi connectivity index (χ2v) is 43.3. The maximum Gasteiger partial charge on any atom is 0.310 e. The summed E-state index contributed by atoms with van der Waals surface area (Å²) in [5.74, 6) is 2.71. The van der Waals surface area contributed by atoms with E-state index in [-0.39, 0.29) is 55.3 Å². The van der Waals surface area contributed by atoms with E-state index in [0.29, 0.717) is 161 Å². The van der Waals surface area contributed by atoms with Gasteiger partial charge in [0.05, 0.1) is 118 Å². The Bertz CT molecular complexity index is 4400. The van der Waals surface area contributed by atoms with Gasteiger partial charge in [-0.25, -0.2) is 0 Å². The highest BCUT2D eigenvalue weighted by molar-refractivity contribution is 8.78. The van der Waals surface area contributed by atoms with Crippen LogP contribution in [0.3, 0.4) is 0 Å². The predicted molar refractivity (Wildman–Crippen MR) is 527 cm³/mol. The monoisotopic (exact) mass is 1960 g/mol. The molecule has 16 nitrogen and oxygen atoms in total. The first-order chi connectivity index (χ1) is 58.9. The molecule has 4 saturated heterocycles. The minimum absolute atomic E-state index is 0.0264. The summed E-state index contributed by atoms with van der Waals surface area (Å²) in [7, 11) is 15.5. The zero-order valence-electron chi connectivity index (χ0n) is 67.5. The first-order valence-electron chi connectivity index (χ1n) is 40.5. The SMILES string of the molecule is CCOC(=O)Cc1ccccc1N(C(=O)CCCC[C@@H]1CCSS1)c1c(Cl)cccc1Cl.NC(=O)Cc1ccccc1N(C(=O)CCCCC1CCSS1)c1c(Cl)cccc1Cl.NC(=O)Cc1ccccc1N(C(=O)CCCC[C@@H]1CCSS1)c1c(Cl)cccc1Cl.NC(=O)Cc1ccccc1N(C(=O)CCCC[C@H]1CCSS1)c1c(Cl)cccc1Cl. The Kier molecular flexibility index (Phi) is 44.0. The van der Waals surface area contributed by atoms with Crippen molar-refractivity contribution in [2.24, 2.45) is 17.2 Å². The number of halogens is 8. The van der Waals surface area contributed by atoms with E-state index in [9.17, 15) is 38.4 Å². The van der Waals surface area contributed by atoms with Gasteiger partial charge >= 0.3 is 5.97 Å². The number of hydrogen-bond acceptors (Lipinski definition) is 17. The molecule has 4 heterocycles. The lowest BCUT2D eigenvalue weighted by Gasteiger charge is -2.27. The molecule has 0 aromatic heterocycles. The summed E-state index contributed by atoms with van der Waals surface area (Å²) in [6.07, 6.45) is 18.2. The molecule has 0 aliphatic carbocycles. The van der Waals surface area contributed by atoms with E-state index in [1.807, 2.05) is 147 Å². The molecule has 0 saturated carbocycles. The summed E-state index contributed by atoms with van der Waals surface area (Å²) in [4.78, 5) is 107. The van der Waals surface area contributed by atoms with Gasteiger partial charge in [0.1, 0.15) is 0 Å². The third-order valence-electron chi connectivity index (χ3n) is 19.9. The Morgan fingerprint density at radius 2 is 0.525 bits per heavy atom. The first-order valence-corrected chi connectivity index (χ1v) is 53.0. The normalized spacial score (nSPS) is 15.8. The third kappa shape index (κ3) is 31.3. The van der Waals surface area contributed by atoms with Crippen LogP contribution in [0.5, 0.6) is 0 Å². The molecule has 4 aliphatic heterocycles. The Morgan fingerprint density at radius 1 is 0.311 bits per heavy atom. The van der Waals surface area contributed by atoms with Crippen molar-refractivity contribution < 1.29 is 43.1 Å². The predicted octanol–water partition coefficient (Wildman–Crippen LogP) is 26.7. The molecule has 7 amide bonds. The Balaban J connectivity index is 0.000000185. The van der Waals surface area contributed by atoms with E-state index in [1.54, 1.807) is 136 Å². The van der Waals surface area contributed by atoms with Crippen molar-refractivity contribution in [2.75, 3.05) is 49.2 Å². The summed E-state index contributed by atoms with van der Waals surface area (Å²) >= 11 is 51.7. The number of benzene rings is 8. The number of carbonyl (C=O) groups excluding carboxylic acids is 8. The molecule has 8 aromatic rings. The molecule has 0 radical (unpaired) electrons. The number of rotatable bonds is 37. The molecule has 4 aliphatic rings. The van der Waals surface area contributed by atoms with Crippen molar-refractivity contribution in [3.05, 3.63) is 232 Å². The molecular weight excluding hydrogens is 1860 g/mol. The first kappa shape index (κ1) is 100. The van der Waals surface area contributed by atoms with Crippen LogP contribution in [0.1, 0.15) is 158 Å². The van der Waals surface area contributed by atoms with Gasteiger partial charge in [-0.2, -0.15) is 0 Å². The lowest BCUT2D eigenvalue weighted by molar-refractivity contribution is -0.142. The van der Waals surface area contributed by atoms with Gasteiger partial charge in [-0.15, -0.1) is 0 Å². The van der Waals surface area contributed by atoms with Crippen molar-refractivity contribution in [2.45, 2.75) is 182 Å². The zero-order valence-corrected chi connectivity index (χ0v) is 80.0. The third-order valence-corrected chi connectivity index (χ3v) is 34.3. The minimum Gasteiger partial charge on any atom is -0.466 e. The number of para-hydroxylation sites is 8. The number of amides is 7. The number of nitrogens with two attached hydrogens (primary N) is 3. The van der Waals surface area contributed by atoms with Gasteiger partial charge in [-0.1, -0.05) is 302 Å². The van der Waals surface area contributed by atoms with Crippen LogP contribution in [0.25, 0.3) is 0 Å².